The third-order valence-electron chi connectivity index (χ3n) is 4.21. The lowest BCUT2D eigenvalue weighted by atomic mass is 10.3. The molecule has 3 heterocycles. The molecule has 1 aromatic carbocycles. The second kappa shape index (κ2) is 8.05. The Balaban J connectivity index is 1.64. The molecule has 7 nitrogen and oxygen atoms in total. The largest absolute Gasteiger partial charge is 0.378 e. The van der Waals surface area contributed by atoms with E-state index in [0.29, 0.717) is 24.2 Å². The van der Waals surface area contributed by atoms with E-state index >= 15 is 0 Å². The summed E-state index contributed by atoms with van der Waals surface area (Å²) in [5.74, 6) is 1.29. The number of para-hydroxylation sites is 1. The van der Waals surface area contributed by atoms with Gasteiger partial charge in [0.1, 0.15) is 5.82 Å². The molecule has 0 amide bonds. The molecule has 1 saturated heterocycles. The summed E-state index contributed by atoms with van der Waals surface area (Å²) in [6.07, 6.45) is 2.66. The van der Waals surface area contributed by atoms with Crippen molar-refractivity contribution in [3.05, 3.63) is 48.5 Å². The van der Waals surface area contributed by atoms with Gasteiger partial charge in [0.15, 0.2) is 5.16 Å². The van der Waals surface area contributed by atoms with E-state index in [1.807, 2.05) is 34.9 Å². The molecule has 0 unspecified atom stereocenters. The molecule has 1 fully saturated rings. The first-order valence-electron chi connectivity index (χ1n) is 8.50. The molecule has 1 aliphatic rings. The molecule has 1 aliphatic heterocycles. The summed E-state index contributed by atoms with van der Waals surface area (Å²) >= 11 is 1.33. The summed E-state index contributed by atoms with van der Waals surface area (Å²) in [6.45, 7) is 0.113. The Morgan fingerprint density at radius 3 is 2.63 bits per heavy atom. The molecular formula is C17H18F2N6OS. The van der Waals surface area contributed by atoms with Gasteiger partial charge >= 0.3 is 6.55 Å². The number of ether oxygens (including phenoxy) is 1. The van der Waals surface area contributed by atoms with Crippen molar-refractivity contribution in [1.82, 2.24) is 24.3 Å². The predicted molar refractivity (Wildman–Crippen MR) is 97.4 cm³/mol. The third-order valence-corrected chi connectivity index (χ3v) is 5.14. The Morgan fingerprint density at radius 2 is 1.89 bits per heavy atom. The van der Waals surface area contributed by atoms with Crippen LogP contribution in [0.2, 0.25) is 0 Å². The topological polar surface area (TPSA) is 61.0 Å². The van der Waals surface area contributed by atoms with Crippen LogP contribution in [0, 0.1) is 0 Å². The molecular weight excluding hydrogens is 374 g/mol. The van der Waals surface area contributed by atoms with Crippen LogP contribution in [0.1, 0.15) is 12.4 Å². The van der Waals surface area contributed by atoms with Crippen LogP contribution in [0.3, 0.4) is 0 Å². The van der Waals surface area contributed by atoms with E-state index in [2.05, 4.69) is 20.1 Å². The normalized spacial score (nSPS) is 14.9. The van der Waals surface area contributed by atoms with Crippen LogP contribution in [-0.2, 0) is 10.5 Å². The molecule has 3 aromatic rings. The maximum atomic E-state index is 13.0. The van der Waals surface area contributed by atoms with Crippen LogP contribution in [0.5, 0.6) is 0 Å². The molecule has 0 spiro atoms. The van der Waals surface area contributed by atoms with Gasteiger partial charge in [0.2, 0.25) is 5.95 Å². The number of thioether (sulfide) groups is 1. The van der Waals surface area contributed by atoms with Gasteiger partial charge in [0.05, 0.1) is 24.7 Å². The average molecular weight is 392 g/mol. The Morgan fingerprint density at radius 1 is 1.11 bits per heavy atom. The highest BCUT2D eigenvalue weighted by atomic mass is 32.2. The summed E-state index contributed by atoms with van der Waals surface area (Å²) in [6, 6.07) is 9.76. The smallest absolute Gasteiger partial charge is 0.319 e. The number of halogens is 2. The van der Waals surface area contributed by atoms with Crippen LogP contribution < -0.4 is 4.90 Å². The van der Waals surface area contributed by atoms with Crippen molar-refractivity contribution in [2.24, 2.45) is 0 Å². The average Bonchev–Trinajstić information content (AvgIpc) is 3.34. The highest BCUT2D eigenvalue weighted by molar-refractivity contribution is 7.98. The fourth-order valence-electron chi connectivity index (χ4n) is 2.89. The number of nitrogens with zero attached hydrogens (tertiary/aromatic N) is 6. The van der Waals surface area contributed by atoms with Gasteiger partial charge in [-0.3, -0.25) is 9.13 Å². The Bertz CT molecular complexity index is 879. The summed E-state index contributed by atoms with van der Waals surface area (Å²) in [7, 11) is 0. The zero-order chi connectivity index (χ0) is 18.6. The molecule has 0 N–H and O–H groups in total. The number of benzene rings is 1. The Hall–Kier alpha value is -2.46. The monoisotopic (exact) mass is 392 g/mol. The first kappa shape index (κ1) is 17.9. The summed E-state index contributed by atoms with van der Waals surface area (Å²) < 4.78 is 34.3. The SMILES string of the molecule is FC(F)n1ccnc1CSc1nnc(N2CCOCC2)n1-c1ccccc1. The molecule has 0 atom stereocenters. The molecule has 142 valence electrons. The van der Waals surface area contributed by atoms with Gasteiger partial charge in [-0.05, 0) is 12.1 Å². The third kappa shape index (κ3) is 3.81. The van der Waals surface area contributed by atoms with E-state index in [4.69, 9.17) is 4.74 Å². The fraction of sp³-hybridized carbons (Fsp3) is 0.353. The number of rotatable bonds is 6. The number of anilines is 1. The molecule has 0 saturated carbocycles. The summed E-state index contributed by atoms with van der Waals surface area (Å²) in [5, 5.41) is 9.30. The number of aromatic nitrogens is 5. The lowest BCUT2D eigenvalue weighted by Gasteiger charge is -2.27. The Labute approximate surface area is 159 Å². The maximum Gasteiger partial charge on any atom is 0.319 e. The highest BCUT2D eigenvalue weighted by Gasteiger charge is 2.22. The summed E-state index contributed by atoms with van der Waals surface area (Å²) in [4.78, 5) is 6.15. The number of alkyl halides is 2. The molecule has 10 heteroatoms. The van der Waals surface area contributed by atoms with Gasteiger partial charge in [0, 0.05) is 25.5 Å². The van der Waals surface area contributed by atoms with Crippen molar-refractivity contribution in [3.63, 3.8) is 0 Å². The van der Waals surface area contributed by atoms with E-state index in [9.17, 15) is 8.78 Å². The number of hydrogen-bond donors (Lipinski definition) is 0. The molecule has 2 aromatic heterocycles. The minimum atomic E-state index is -2.61. The molecule has 0 radical (unpaired) electrons. The van der Waals surface area contributed by atoms with Crippen molar-refractivity contribution in [3.8, 4) is 5.69 Å². The summed E-state index contributed by atoms with van der Waals surface area (Å²) in [5.41, 5.74) is 0.920. The number of hydrogen-bond acceptors (Lipinski definition) is 6. The quantitative estimate of drug-likeness (QED) is 0.601. The highest BCUT2D eigenvalue weighted by Crippen LogP contribution is 2.29. The second-order valence-electron chi connectivity index (χ2n) is 5.87. The molecule has 0 bridgehead atoms. The van der Waals surface area contributed by atoms with Crippen molar-refractivity contribution >= 4 is 17.7 Å². The van der Waals surface area contributed by atoms with E-state index < -0.39 is 6.55 Å². The van der Waals surface area contributed by atoms with E-state index in [-0.39, 0.29) is 5.75 Å². The van der Waals surface area contributed by atoms with Gasteiger partial charge in [-0.15, -0.1) is 10.2 Å². The van der Waals surface area contributed by atoms with Crippen LogP contribution in [0.25, 0.3) is 5.69 Å². The van der Waals surface area contributed by atoms with Crippen LogP contribution in [0.15, 0.2) is 47.9 Å². The molecule has 4 rings (SSSR count). The van der Waals surface area contributed by atoms with Crippen LogP contribution >= 0.6 is 11.8 Å². The van der Waals surface area contributed by atoms with Crippen LogP contribution in [-0.4, -0.2) is 50.6 Å². The second-order valence-corrected chi connectivity index (χ2v) is 6.81. The zero-order valence-electron chi connectivity index (χ0n) is 14.4. The fourth-order valence-corrected chi connectivity index (χ4v) is 3.79. The lowest BCUT2D eigenvalue weighted by molar-refractivity contribution is 0.0678. The van der Waals surface area contributed by atoms with Crippen molar-refractivity contribution in [1.29, 1.82) is 0 Å². The van der Waals surface area contributed by atoms with E-state index in [0.717, 1.165) is 29.3 Å². The number of imidazole rings is 1. The number of morpholine rings is 1. The first-order chi connectivity index (χ1) is 13.2. The van der Waals surface area contributed by atoms with Crippen molar-refractivity contribution in [2.75, 3.05) is 31.2 Å². The minimum absolute atomic E-state index is 0.269. The standard InChI is InChI=1S/C17H18F2N6OS/c18-15(19)24-7-6-20-14(24)12-27-17-22-21-16(23-8-10-26-11-9-23)25(17)13-4-2-1-3-5-13/h1-7,15H,8-12H2. The maximum absolute atomic E-state index is 13.0. The van der Waals surface area contributed by atoms with E-state index in [1.165, 1.54) is 24.2 Å². The minimum Gasteiger partial charge on any atom is -0.378 e. The lowest BCUT2D eigenvalue weighted by Crippen LogP contribution is -2.37. The van der Waals surface area contributed by atoms with Gasteiger partial charge in [-0.25, -0.2) is 4.98 Å². The van der Waals surface area contributed by atoms with Crippen molar-refractivity contribution in [2.45, 2.75) is 17.5 Å². The zero-order valence-corrected chi connectivity index (χ0v) is 15.2. The van der Waals surface area contributed by atoms with Gasteiger partial charge in [-0.1, -0.05) is 30.0 Å². The van der Waals surface area contributed by atoms with Gasteiger partial charge < -0.3 is 9.64 Å². The predicted octanol–water partition coefficient (Wildman–Crippen LogP) is 2.99. The first-order valence-corrected chi connectivity index (χ1v) is 9.49. The molecule has 0 aliphatic carbocycles. The van der Waals surface area contributed by atoms with Crippen molar-refractivity contribution < 1.29 is 13.5 Å². The molecule has 27 heavy (non-hydrogen) atoms. The van der Waals surface area contributed by atoms with Gasteiger partial charge in [0.25, 0.3) is 0 Å². The van der Waals surface area contributed by atoms with E-state index in [1.54, 1.807) is 0 Å². The van der Waals surface area contributed by atoms with Crippen LogP contribution in [0.4, 0.5) is 14.7 Å². The van der Waals surface area contributed by atoms with Gasteiger partial charge in [-0.2, -0.15) is 8.78 Å². The Kier molecular flexibility index (Phi) is 5.35.